The van der Waals surface area contributed by atoms with Gasteiger partial charge in [0.1, 0.15) is 5.75 Å². The second-order valence-corrected chi connectivity index (χ2v) is 8.08. The fourth-order valence-electron chi connectivity index (χ4n) is 4.36. The Bertz CT molecular complexity index is 763. The van der Waals surface area contributed by atoms with E-state index in [-0.39, 0.29) is 0 Å². The van der Waals surface area contributed by atoms with Crippen molar-refractivity contribution in [2.75, 3.05) is 13.1 Å². The van der Waals surface area contributed by atoms with Crippen LogP contribution in [0.5, 0.6) is 5.75 Å². The summed E-state index contributed by atoms with van der Waals surface area (Å²) in [5, 5.41) is 10.1. The molecule has 2 heteroatoms. The second kappa shape index (κ2) is 6.84. The van der Waals surface area contributed by atoms with Crippen LogP contribution in [0.2, 0.25) is 0 Å². The molecule has 0 spiro atoms. The van der Waals surface area contributed by atoms with E-state index in [1.807, 2.05) is 19.1 Å². The summed E-state index contributed by atoms with van der Waals surface area (Å²) in [4.78, 5) is 2.71. The van der Waals surface area contributed by atoms with Gasteiger partial charge in [-0.2, -0.15) is 0 Å². The molecule has 0 bridgehead atoms. The van der Waals surface area contributed by atoms with Gasteiger partial charge < -0.3 is 5.11 Å². The van der Waals surface area contributed by atoms with Crippen LogP contribution in [0.15, 0.2) is 36.4 Å². The summed E-state index contributed by atoms with van der Waals surface area (Å²) in [5.41, 5.74) is 6.57. The smallest absolute Gasteiger partial charge is 0.118 e. The van der Waals surface area contributed by atoms with E-state index in [4.69, 9.17) is 0 Å². The summed E-state index contributed by atoms with van der Waals surface area (Å²) >= 11 is 0. The fourth-order valence-corrected chi connectivity index (χ4v) is 4.36. The van der Waals surface area contributed by atoms with Crippen molar-refractivity contribution in [3.05, 3.63) is 64.2 Å². The van der Waals surface area contributed by atoms with Gasteiger partial charge in [0.15, 0.2) is 0 Å². The van der Waals surface area contributed by atoms with Crippen LogP contribution in [0.25, 0.3) is 0 Å². The van der Waals surface area contributed by atoms with Gasteiger partial charge in [0.25, 0.3) is 0 Å². The molecule has 1 aliphatic heterocycles. The van der Waals surface area contributed by atoms with Crippen molar-refractivity contribution < 1.29 is 5.11 Å². The summed E-state index contributed by atoms with van der Waals surface area (Å²) in [5.74, 6) is 1.31. The molecule has 0 radical (unpaired) electrons. The highest BCUT2D eigenvalue weighted by molar-refractivity contribution is 5.39. The lowest BCUT2D eigenvalue weighted by Crippen LogP contribution is -2.41. The Hall–Kier alpha value is -1.80. The van der Waals surface area contributed by atoms with E-state index < -0.39 is 0 Å². The summed E-state index contributed by atoms with van der Waals surface area (Å²) in [6.45, 7) is 6.54. The van der Waals surface area contributed by atoms with Gasteiger partial charge in [-0.1, -0.05) is 42.3 Å². The molecular formula is C23H29NO. The van der Waals surface area contributed by atoms with E-state index in [1.54, 1.807) is 0 Å². The lowest BCUT2D eigenvalue weighted by molar-refractivity contribution is 0.123. The lowest BCUT2D eigenvalue weighted by atomic mass is 9.82. The van der Waals surface area contributed by atoms with Crippen molar-refractivity contribution >= 4 is 0 Å². The maximum absolute atomic E-state index is 10.1. The summed E-state index contributed by atoms with van der Waals surface area (Å²) in [6, 6.07) is 13.6. The first-order valence-electron chi connectivity index (χ1n) is 9.72. The van der Waals surface area contributed by atoms with E-state index in [2.05, 4.69) is 36.1 Å². The van der Waals surface area contributed by atoms with Crippen molar-refractivity contribution in [3.63, 3.8) is 0 Å². The quantitative estimate of drug-likeness (QED) is 0.854. The predicted molar refractivity (Wildman–Crippen MR) is 103 cm³/mol. The molecule has 0 saturated heterocycles. The van der Waals surface area contributed by atoms with Crippen LogP contribution < -0.4 is 0 Å². The van der Waals surface area contributed by atoms with Gasteiger partial charge in [-0.3, -0.25) is 4.90 Å². The molecule has 1 N–H and O–H groups in total. The molecule has 2 aromatic rings. The first-order valence-corrected chi connectivity index (χ1v) is 9.72. The van der Waals surface area contributed by atoms with Crippen molar-refractivity contribution in [2.24, 2.45) is 5.92 Å². The van der Waals surface area contributed by atoms with Crippen LogP contribution >= 0.6 is 0 Å². The van der Waals surface area contributed by atoms with Gasteiger partial charge in [0.05, 0.1) is 0 Å². The molecule has 132 valence electrons. The van der Waals surface area contributed by atoms with Gasteiger partial charge in [0, 0.05) is 19.1 Å². The minimum absolute atomic E-state index is 0.419. The van der Waals surface area contributed by atoms with Crippen molar-refractivity contribution in [1.29, 1.82) is 0 Å². The molecule has 1 saturated carbocycles. The van der Waals surface area contributed by atoms with E-state index >= 15 is 0 Å². The van der Waals surface area contributed by atoms with Gasteiger partial charge in [-0.05, 0) is 73.8 Å². The Kier molecular flexibility index (Phi) is 4.56. The van der Waals surface area contributed by atoms with Crippen molar-refractivity contribution in [3.8, 4) is 5.75 Å². The maximum Gasteiger partial charge on any atom is 0.118 e. The van der Waals surface area contributed by atoms with Crippen LogP contribution in [0.4, 0.5) is 0 Å². The topological polar surface area (TPSA) is 23.5 Å². The molecule has 4 rings (SSSR count). The Morgan fingerprint density at radius 1 is 1.08 bits per heavy atom. The largest absolute Gasteiger partial charge is 0.508 e. The minimum Gasteiger partial charge on any atom is -0.508 e. The highest BCUT2D eigenvalue weighted by Crippen LogP contribution is 2.37. The SMILES string of the molecule is Cc1ccc2c(c1)CCN(CC1CCC1)[C@@H]2Cc1ccc(C)c(O)c1. The molecule has 25 heavy (non-hydrogen) atoms. The number of fused-ring (bicyclic) bond motifs is 1. The number of aromatic hydroxyl groups is 1. The number of nitrogens with zero attached hydrogens (tertiary/aromatic N) is 1. The second-order valence-electron chi connectivity index (χ2n) is 8.08. The van der Waals surface area contributed by atoms with Crippen molar-refractivity contribution in [1.82, 2.24) is 4.90 Å². The van der Waals surface area contributed by atoms with E-state index in [1.165, 1.54) is 54.5 Å². The predicted octanol–water partition coefficient (Wildman–Crippen LogP) is 4.95. The zero-order valence-electron chi connectivity index (χ0n) is 15.5. The third-order valence-corrected chi connectivity index (χ3v) is 6.19. The average Bonchev–Trinajstić information content (AvgIpc) is 2.55. The zero-order chi connectivity index (χ0) is 17.4. The molecule has 2 aliphatic rings. The molecule has 1 fully saturated rings. The lowest BCUT2D eigenvalue weighted by Gasteiger charge is -2.41. The first kappa shape index (κ1) is 16.7. The maximum atomic E-state index is 10.1. The molecule has 2 nitrogen and oxygen atoms in total. The average molecular weight is 335 g/mol. The third kappa shape index (κ3) is 3.46. The molecule has 1 atom stereocenters. The van der Waals surface area contributed by atoms with Crippen molar-refractivity contribution in [2.45, 2.75) is 52.0 Å². The third-order valence-electron chi connectivity index (χ3n) is 6.19. The Balaban J connectivity index is 1.64. The Morgan fingerprint density at radius 3 is 2.64 bits per heavy atom. The number of phenolic OH excluding ortho intramolecular Hbond substituents is 1. The Labute approximate surface area is 151 Å². The van der Waals surface area contributed by atoms with Crippen LogP contribution in [0.1, 0.15) is 53.1 Å². The van der Waals surface area contributed by atoms with Gasteiger partial charge in [0.2, 0.25) is 0 Å². The molecule has 2 aromatic carbocycles. The van der Waals surface area contributed by atoms with Crippen LogP contribution in [0.3, 0.4) is 0 Å². The normalized spacial score (nSPS) is 21.0. The number of aryl methyl sites for hydroxylation is 2. The summed E-state index contributed by atoms with van der Waals surface area (Å²) in [6.07, 6.45) is 6.35. The monoisotopic (exact) mass is 335 g/mol. The minimum atomic E-state index is 0.419. The van der Waals surface area contributed by atoms with Crippen LogP contribution in [-0.2, 0) is 12.8 Å². The molecule has 0 unspecified atom stereocenters. The molecule has 1 aliphatic carbocycles. The van der Waals surface area contributed by atoms with Crippen LogP contribution in [0, 0.1) is 19.8 Å². The number of hydrogen-bond donors (Lipinski definition) is 1. The zero-order valence-corrected chi connectivity index (χ0v) is 15.5. The van der Waals surface area contributed by atoms with Crippen LogP contribution in [-0.4, -0.2) is 23.1 Å². The summed E-state index contributed by atoms with van der Waals surface area (Å²) < 4.78 is 0. The van der Waals surface area contributed by atoms with Gasteiger partial charge >= 0.3 is 0 Å². The molecule has 1 heterocycles. The number of rotatable bonds is 4. The number of hydrogen-bond acceptors (Lipinski definition) is 2. The highest BCUT2D eigenvalue weighted by atomic mass is 16.3. The van der Waals surface area contributed by atoms with E-state index in [0.717, 1.165) is 24.4 Å². The number of benzene rings is 2. The van der Waals surface area contributed by atoms with Gasteiger partial charge in [-0.15, -0.1) is 0 Å². The molecule has 0 aromatic heterocycles. The number of phenols is 1. The standard InChI is InChI=1S/C23H29NO/c1-16-6-9-21-20(12-16)10-11-24(15-18-4-3-5-18)22(21)13-19-8-7-17(2)23(25)14-19/h6-9,12,14,18,22,25H,3-5,10-11,13,15H2,1-2H3/t22-/m1/s1. The summed E-state index contributed by atoms with van der Waals surface area (Å²) in [7, 11) is 0. The Morgan fingerprint density at radius 2 is 1.92 bits per heavy atom. The van der Waals surface area contributed by atoms with Gasteiger partial charge in [-0.25, -0.2) is 0 Å². The molecular weight excluding hydrogens is 306 g/mol. The van der Waals surface area contributed by atoms with E-state index in [9.17, 15) is 5.11 Å². The highest BCUT2D eigenvalue weighted by Gasteiger charge is 2.30. The van der Waals surface area contributed by atoms with E-state index in [0.29, 0.717) is 11.8 Å². The first-order chi connectivity index (χ1) is 12.1. The fraction of sp³-hybridized carbons (Fsp3) is 0.478. The molecule has 0 amide bonds.